The van der Waals surface area contributed by atoms with Gasteiger partial charge in [0.05, 0.1) is 12.1 Å². The molecule has 0 N–H and O–H groups in total. The average molecular weight is 307 g/mol. The van der Waals surface area contributed by atoms with Gasteiger partial charge in [0, 0.05) is 16.8 Å². The van der Waals surface area contributed by atoms with Crippen molar-refractivity contribution in [1.29, 1.82) is 0 Å². The zero-order valence-corrected chi connectivity index (χ0v) is 12.7. The summed E-state index contributed by atoms with van der Waals surface area (Å²) in [6, 6.07) is 8.51. The van der Waals surface area contributed by atoms with E-state index in [0.29, 0.717) is 29.6 Å². The molecule has 1 aliphatic rings. The molecule has 2 heterocycles. The van der Waals surface area contributed by atoms with Crippen LogP contribution in [0.4, 0.5) is 4.39 Å². The molecule has 0 spiro atoms. The van der Waals surface area contributed by atoms with E-state index in [1.54, 1.807) is 12.1 Å². The summed E-state index contributed by atoms with van der Waals surface area (Å²) in [4.78, 5) is 4.56. The number of ether oxygens (including phenoxy) is 1. The van der Waals surface area contributed by atoms with Gasteiger partial charge in [-0.2, -0.15) is 0 Å². The number of halogens is 2. The lowest BCUT2D eigenvalue weighted by molar-refractivity contribution is 0.278. The Morgan fingerprint density at radius 3 is 2.81 bits per heavy atom. The molecule has 0 saturated carbocycles. The molecule has 3 rings (SSSR count). The maximum absolute atomic E-state index is 13.9. The van der Waals surface area contributed by atoms with Crippen molar-refractivity contribution in [3.8, 4) is 0 Å². The third-order valence-electron chi connectivity index (χ3n) is 3.41. The quantitative estimate of drug-likeness (QED) is 0.845. The van der Waals surface area contributed by atoms with Gasteiger partial charge in [0.25, 0.3) is 0 Å². The molecule has 0 saturated heterocycles. The molecule has 110 valence electrons. The van der Waals surface area contributed by atoms with E-state index >= 15 is 0 Å². The number of hydrogen-bond acceptors (Lipinski definition) is 2. The summed E-state index contributed by atoms with van der Waals surface area (Å²) in [6.45, 7) is 4.92. The van der Waals surface area contributed by atoms with E-state index in [1.807, 2.05) is 36.7 Å². The molecule has 0 aliphatic carbocycles. The Kier molecular flexibility index (Phi) is 3.49. The Morgan fingerprint density at radius 1 is 1.33 bits per heavy atom. The molecule has 0 atom stereocenters. The lowest BCUT2D eigenvalue weighted by Crippen LogP contribution is -2.17. The predicted molar refractivity (Wildman–Crippen MR) is 81.5 cm³/mol. The van der Waals surface area contributed by atoms with Gasteiger partial charge in [-0.05, 0) is 38.1 Å². The summed E-state index contributed by atoms with van der Waals surface area (Å²) in [5.41, 5.74) is 1.08. The van der Waals surface area contributed by atoms with Crippen molar-refractivity contribution < 1.29 is 9.13 Å². The predicted octanol–water partition coefficient (Wildman–Crippen LogP) is 3.88. The Morgan fingerprint density at radius 2 is 2.14 bits per heavy atom. The Labute approximate surface area is 128 Å². The van der Waals surface area contributed by atoms with Gasteiger partial charge >= 0.3 is 0 Å². The summed E-state index contributed by atoms with van der Waals surface area (Å²) >= 11 is 6.09. The fourth-order valence-corrected chi connectivity index (χ4v) is 2.54. The Hall–Kier alpha value is -1.81. The number of rotatable bonds is 3. The molecular formula is C16H16ClFN2O. The first-order chi connectivity index (χ1) is 9.96. The average Bonchev–Trinajstić information content (AvgIpc) is 3.00. The van der Waals surface area contributed by atoms with E-state index in [1.165, 1.54) is 6.07 Å². The van der Waals surface area contributed by atoms with Gasteiger partial charge in [-0.3, -0.25) is 0 Å². The molecule has 0 unspecified atom stereocenters. The lowest BCUT2D eigenvalue weighted by atomic mass is 10.1. The summed E-state index contributed by atoms with van der Waals surface area (Å²) in [6.07, 6.45) is 1.87. The lowest BCUT2D eigenvalue weighted by Gasteiger charge is -2.11. The zero-order chi connectivity index (χ0) is 15.0. The maximum atomic E-state index is 13.9. The normalized spacial score (nSPS) is 16.7. The van der Waals surface area contributed by atoms with Crippen LogP contribution in [0.2, 0.25) is 5.02 Å². The molecule has 5 heteroatoms. The highest BCUT2D eigenvalue weighted by Crippen LogP contribution is 2.24. The molecular weight excluding hydrogens is 291 g/mol. The minimum Gasteiger partial charge on any atom is -0.474 e. The van der Waals surface area contributed by atoms with Crippen LogP contribution < -0.4 is 0 Å². The van der Waals surface area contributed by atoms with Crippen LogP contribution in [0.25, 0.3) is 0 Å². The van der Waals surface area contributed by atoms with Gasteiger partial charge in [-0.1, -0.05) is 17.7 Å². The minimum absolute atomic E-state index is 0.222. The van der Waals surface area contributed by atoms with Gasteiger partial charge in [0.15, 0.2) is 0 Å². The van der Waals surface area contributed by atoms with Crippen LogP contribution >= 0.6 is 11.6 Å². The van der Waals surface area contributed by atoms with Crippen molar-refractivity contribution >= 4 is 17.5 Å². The fraction of sp³-hybridized carbons (Fsp3) is 0.312. The third-order valence-corrected chi connectivity index (χ3v) is 3.76. The maximum Gasteiger partial charge on any atom is 0.234 e. The van der Waals surface area contributed by atoms with Crippen molar-refractivity contribution in [1.82, 2.24) is 4.57 Å². The second-order valence-electron chi connectivity index (χ2n) is 5.74. The highest BCUT2D eigenvalue weighted by Gasteiger charge is 2.28. The molecule has 0 bridgehead atoms. The molecule has 1 aromatic carbocycles. The van der Waals surface area contributed by atoms with Crippen LogP contribution in [-0.2, 0) is 11.3 Å². The fourth-order valence-electron chi connectivity index (χ4n) is 2.32. The first kappa shape index (κ1) is 14.1. The van der Waals surface area contributed by atoms with Crippen molar-refractivity contribution in [2.75, 3.05) is 6.61 Å². The number of benzene rings is 1. The summed E-state index contributed by atoms with van der Waals surface area (Å²) < 4.78 is 21.5. The highest BCUT2D eigenvalue weighted by molar-refractivity contribution is 6.31. The zero-order valence-electron chi connectivity index (χ0n) is 11.9. The number of aromatic nitrogens is 1. The van der Waals surface area contributed by atoms with Crippen LogP contribution in [0.5, 0.6) is 0 Å². The first-order valence-electron chi connectivity index (χ1n) is 6.77. The van der Waals surface area contributed by atoms with E-state index in [2.05, 4.69) is 4.99 Å². The van der Waals surface area contributed by atoms with Gasteiger partial charge < -0.3 is 9.30 Å². The van der Waals surface area contributed by atoms with Crippen molar-refractivity contribution in [2.45, 2.75) is 25.9 Å². The van der Waals surface area contributed by atoms with E-state index in [0.717, 1.165) is 5.69 Å². The van der Waals surface area contributed by atoms with E-state index in [4.69, 9.17) is 16.3 Å². The van der Waals surface area contributed by atoms with Gasteiger partial charge in [-0.15, -0.1) is 0 Å². The molecule has 0 amide bonds. The monoisotopic (exact) mass is 306 g/mol. The number of nitrogens with zero attached hydrogens (tertiary/aromatic N) is 2. The van der Waals surface area contributed by atoms with Crippen molar-refractivity contribution in [3.05, 3.63) is 58.6 Å². The van der Waals surface area contributed by atoms with E-state index in [9.17, 15) is 4.39 Å². The van der Waals surface area contributed by atoms with Crippen molar-refractivity contribution in [3.63, 3.8) is 0 Å². The Balaban J connectivity index is 1.94. The van der Waals surface area contributed by atoms with E-state index < -0.39 is 0 Å². The summed E-state index contributed by atoms with van der Waals surface area (Å²) in [5.74, 6) is 0.286. The topological polar surface area (TPSA) is 26.5 Å². The SMILES string of the molecule is CC1(C)COC(c2cccn2Cc2c(F)cccc2Cl)=N1. The largest absolute Gasteiger partial charge is 0.474 e. The van der Waals surface area contributed by atoms with Crippen LogP contribution in [0.3, 0.4) is 0 Å². The van der Waals surface area contributed by atoms with Crippen molar-refractivity contribution in [2.24, 2.45) is 4.99 Å². The summed E-state index contributed by atoms with van der Waals surface area (Å²) in [7, 11) is 0. The second kappa shape index (κ2) is 5.19. The summed E-state index contributed by atoms with van der Waals surface area (Å²) in [5, 5.41) is 0.421. The standard InChI is InChI=1S/C16H16ClFN2O/c1-16(2)10-21-15(19-16)14-7-4-8-20(14)9-11-12(17)5-3-6-13(11)18/h3-8H,9-10H2,1-2H3. The van der Waals surface area contributed by atoms with Gasteiger partial charge in [0.1, 0.15) is 18.1 Å². The van der Waals surface area contributed by atoms with Crippen LogP contribution in [0.15, 0.2) is 41.5 Å². The first-order valence-corrected chi connectivity index (χ1v) is 7.15. The van der Waals surface area contributed by atoms with Crippen LogP contribution in [0, 0.1) is 5.82 Å². The van der Waals surface area contributed by atoms with Crippen LogP contribution in [-0.4, -0.2) is 22.6 Å². The molecule has 2 aromatic rings. The number of hydrogen-bond donors (Lipinski definition) is 0. The number of aliphatic imine (C=N–C) groups is 1. The molecule has 21 heavy (non-hydrogen) atoms. The highest BCUT2D eigenvalue weighted by atomic mass is 35.5. The van der Waals surface area contributed by atoms with Gasteiger partial charge in [-0.25, -0.2) is 9.38 Å². The smallest absolute Gasteiger partial charge is 0.234 e. The molecule has 1 aromatic heterocycles. The van der Waals surface area contributed by atoms with Crippen LogP contribution in [0.1, 0.15) is 25.1 Å². The molecule has 3 nitrogen and oxygen atoms in total. The van der Waals surface area contributed by atoms with Gasteiger partial charge in [0.2, 0.25) is 5.90 Å². The molecule has 0 fully saturated rings. The molecule has 1 aliphatic heterocycles. The minimum atomic E-state index is -0.309. The van der Waals surface area contributed by atoms with E-state index in [-0.39, 0.29) is 11.4 Å². The third kappa shape index (κ3) is 2.81. The molecule has 0 radical (unpaired) electrons. The Bertz CT molecular complexity index is 686. The second-order valence-corrected chi connectivity index (χ2v) is 6.15.